The molecule has 0 unspecified atom stereocenters. The van der Waals surface area contributed by atoms with E-state index in [9.17, 15) is 44.3 Å². The Labute approximate surface area is 112 Å². The summed E-state index contributed by atoms with van der Waals surface area (Å²) in [5.41, 5.74) is 0. The summed E-state index contributed by atoms with van der Waals surface area (Å²) in [7, 11) is 0. The molecule has 0 aromatic carbocycles. The lowest BCUT2D eigenvalue weighted by atomic mass is 10.0. The molecule has 0 heterocycles. The highest BCUT2D eigenvalue weighted by Gasteiger charge is 2.81. The molecule has 0 saturated carbocycles. The molecular formula is C10H9F9O2. The Morgan fingerprint density at radius 1 is 0.952 bits per heavy atom. The standard InChI is InChI=1S/C10H9F9O2/c1-2-5-21-6(20)3-4-7(11,12)8(13,14)9(15,16)10(17,18)19/h3-4H,2,5H2,1H3. The first kappa shape index (κ1) is 19.6. The van der Waals surface area contributed by atoms with Gasteiger partial charge in [0, 0.05) is 6.08 Å². The Kier molecular flexibility index (Phi) is 5.73. The molecule has 0 amide bonds. The van der Waals surface area contributed by atoms with Gasteiger partial charge in [-0.05, 0) is 12.5 Å². The normalized spacial score (nSPS) is 14.6. The third-order valence-corrected chi connectivity index (χ3v) is 2.05. The summed E-state index contributed by atoms with van der Waals surface area (Å²) in [5, 5.41) is 0. The summed E-state index contributed by atoms with van der Waals surface area (Å²) in [4.78, 5) is 10.7. The first-order valence-corrected chi connectivity index (χ1v) is 5.27. The molecule has 11 heteroatoms. The first-order valence-electron chi connectivity index (χ1n) is 5.27. The fourth-order valence-electron chi connectivity index (χ4n) is 0.915. The number of allylic oxidation sites excluding steroid dienone is 1. The van der Waals surface area contributed by atoms with Gasteiger partial charge in [0.05, 0.1) is 6.61 Å². The highest BCUT2D eigenvalue weighted by Crippen LogP contribution is 2.53. The van der Waals surface area contributed by atoms with Gasteiger partial charge in [-0.25, -0.2) is 4.79 Å². The predicted molar refractivity (Wildman–Crippen MR) is 51.3 cm³/mol. The highest BCUT2D eigenvalue weighted by atomic mass is 19.4. The average Bonchev–Trinajstić information content (AvgIpc) is 2.32. The summed E-state index contributed by atoms with van der Waals surface area (Å²) in [6, 6.07) is 0. The Bertz CT molecular complexity index is 398. The van der Waals surface area contributed by atoms with Gasteiger partial charge in [0.2, 0.25) is 0 Å². The number of carbonyl (C=O) groups is 1. The van der Waals surface area contributed by atoms with E-state index < -0.39 is 36.0 Å². The van der Waals surface area contributed by atoms with Crippen molar-refractivity contribution in [2.75, 3.05) is 6.61 Å². The molecule has 124 valence electrons. The molecule has 0 bridgehead atoms. The van der Waals surface area contributed by atoms with Crippen molar-refractivity contribution in [3.63, 3.8) is 0 Å². The minimum Gasteiger partial charge on any atom is -0.463 e. The second-order valence-electron chi connectivity index (χ2n) is 3.77. The molecule has 0 fully saturated rings. The number of hydrogen-bond acceptors (Lipinski definition) is 2. The molecule has 0 N–H and O–H groups in total. The lowest BCUT2D eigenvalue weighted by Crippen LogP contribution is -2.60. The number of hydrogen-bond donors (Lipinski definition) is 0. The van der Waals surface area contributed by atoms with Gasteiger partial charge in [-0.2, -0.15) is 39.5 Å². The molecule has 0 radical (unpaired) electrons. The Morgan fingerprint density at radius 2 is 1.43 bits per heavy atom. The maximum atomic E-state index is 12.9. The predicted octanol–water partition coefficient (Wildman–Crippen LogP) is 3.96. The molecule has 0 aromatic heterocycles. The maximum Gasteiger partial charge on any atom is 0.460 e. The molecule has 0 aliphatic carbocycles. The molecule has 2 nitrogen and oxygen atoms in total. The smallest absolute Gasteiger partial charge is 0.460 e. The molecule has 0 aliphatic heterocycles. The van der Waals surface area contributed by atoms with Crippen molar-refractivity contribution >= 4 is 5.97 Å². The topological polar surface area (TPSA) is 26.3 Å². The van der Waals surface area contributed by atoms with Crippen LogP contribution in [0.3, 0.4) is 0 Å². The molecule has 0 aromatic rings. The van der Waals surface area contributed by atoms with Crippen molar-refractivity contribution in [1.82, 2.24) is 0 Å². The van der Waals surface area contributed by atoms with Crippen molar-refractivity contribution in [2.45, 2.75) is 37.3 Å². The van der Waals surface area contributed by atoms with E-state index in [2.05, 4.69) is 4.74 Å². The van der Waals surface area contributed by atoms with Crippen LogP contribution >= 0.6 is 0 Å². The second-order valence-corrected chi connectivity index (χ2v) is 3.77. The monoisotopic (exact) mass is 332 g/mol. The highest BCUT2D eigenvalue weighted by molar-refractivity contribution is 5.82. The van der Waals surface area contributed by atoms with E-state index in [1.807, 2.05) is 0 Å². The number of rotatable bonds is 6. The summed E-state index contributed by atoms with van der Waals surface area (Å²) in [5.74, 6) is -21.3. The molecule has 0 spiro atoms. The summed E-state index contributed by atoms with van der Waals surface area (Å²) in [6.07, 6.45) is -8.03. The minimum absolute atomic E-state index is 0.248. The van der Waals surface area contributed by atoms with Crippen LogP contribution in [0.1, 0.15) is 13.3 Å². The molecule has 0 atom stereocenters. The van der Waals surface area contributed by atoms with E-state index in [1.54, 1.807) is 0 Å². The Balaban J connectivity index is 5.30. The van der Waals surface area contributed by atoms with Crippen molar-refractivity contribution in [1.29, 1.82) is 0 Å². The molecule has 21 heavy (non-hydrogen) atoms. The van der Waals surface area contributed by atoms with E-state index in [4.69, 9.17) is 0 Å². The van der Waals surface area contributed by atoms with Gasteiger partial charge in [0.1, 0.15) is 0 Å². The van der Waals surface area contributed by atoms with Gasteiger partial charge in [-0.1, -0.05) is 6.92 Å². The molecule has 0 rings (SSSR count). The minimum atomic E-state index is -6.98. The van der Waals surface area contributed by atoms with Crippen LogP contribution in [-0.2, 0) is 9.53 Å². The second kappa shape index (κ2) is 6.14. The van der Waals surface area contributed by atoms with Gasteiger partial charge in [-0.15, -0.1) is 0 Å². The Hall–Kier alpha value is -1.42. The van der Waals surface area contributed by atoms with Crippen LogP contribution in [0.15, 0.2) is 12.2 Å². The van der Waals surface area contributed by atoms with Crippen LogP contribution in [0, 0.1) is 0 Å². The van der Waals surface area contributed by atoms with Gasteiger partial charge in [0.15, 0.2) is 0 Å². The van der Waals surface area contributed by atoms with Crippen molar-refractivity contribution in [3.8, 4) is 0 Å². The van der Waals surface area contributed by atoms with E-state index in [-0.39, 0.29) is 19.1 Å². The fourth-order valence-corrected chi connectivity index (χ4v) is 0.915. The number of carbonyl (C=O) groups excluding carboxylic acids is 1. The van der Waals surface area contributed by atoms with Crippen LogP contribution in [-0.4, -0.2) is 36.5 Å². The van der Waals surface area contributed by atoms with Crippen LogP contribution in [0.5, 0.6) is 0 Å². The number of ether oxygens (including phenoxy) is 1. The van der Waals surface area contributed by atoms with Gasteiger partial charge in [-0.3, -0.25) is 0 Å². The number of halogens is 9. The van der Waals surface area contributed by atoms with Gasteiger partial charge < -0.3 is 4.74 Å². The summed E-state index contributed by atoms with van der Waals surface area (Å²) < 4.78 is 116. The van der Waals surface area contributed by atoms with E-state index in [0.29, 0.717) is 0 Å². The lowest BCUT2D eigenvalue weighted by molar-refractivity contribution is -0.388. The van der Waals surface area contributed by atoms with Crippen LogP contribution in [0.4, 0.5) is 39.5 Å². The van der Waals surface area contributed by atoms with E-state index in [1.165, 1.54) is 6.92 Å². The fraction of sp³-hybridized carbons (Fsp3) is 0.700. The zero-order chi connectivity index (χ0) is 17.1. The number of esters is 1. The molecular weight excluding hydrogens is 323 g/mol. The lowest BCUT2D eigenvalue weighted by Gasteiger charge is -2.32. The maximum absolute atomic E-state index is 12.9. The van der Waals surface area contributed by atoms with E-state index >= 15 is 0 Å². The van der Waals surface area contributed by atoms with Crippen LogP contribution in [0.2, 0.25) is 0 Å². The zero-order valence-corrected chi connectivity index (χ0v) is 10.3. The van der Waals surface area contributed by atoms with Crippen molar-refractivity contribution in [3.05, 3.63) is 12.2 Å². The Morgan fingerprint density at radius 3 is 1.81 bits per heavy atom. The first-order chi connectivity index (χ1) is 9.20. The quantitative estimate of drug-likeness (QED) is 0.418. The summed E-state index contributed by atoms with van der Waals surface area (Å²) >= 11 is 0. The van der Waals surface area contributed by atoms with Gasteiger partial charge in [0.25, 0.3) is 0 Å². The third kappa shape index (κ3) is 4.03. The number of alkyl halides is 9. The SMILES string of the molecule is CCCOC(=O)C=CC(F)(F)C(F)(F)C(F)(F)C(F)(F)F. The van der Waals surface area contributed by atoms with Gasteiger partial charge >= 0.3 is 29.9 Å². The third-order valence-electron chi connectivity index (χ3n) is 2.05. The van der Waals surface area contributed by atoms with Crippen LogP contribution in [0.25, 0.3) is 0 Å². The zero-order valence-electron chi connectivity index (χ0n) is 10.3. The average molecular weight is 332 g/mol. The molecule has 0 saturated heterocycles. The summed E-state index contributed by atoms with van der Waals surface area (Å²) in [6.45, 7) is 1.23. The van der Waals surface area contributed by atoms with E-state index in [0.717, 1.165) is 0 Å². The molecule has 0 aliphatic rings. The van der Waals surface area contributed by atoms with Crippen LogP contribution < -0.4 is 0 Å². The van der Waals surface area contributed by atoms with Crippen molar-refractivity contribution < 1.29 is 49.0 Å². The largest absolute Gasteiger partial charge is 0.463 e. The van der Waals surface area contributed by atoms with Crippen molar-refractivity contribution in [2.24, 2.45) is 0 Å².